The van der Waals surface area contributed by atoms with Gasteiger partial charge < -0.3 is 10.6 Å². The summed E-state index contributed by atoms with van der Waals surface area (Å²) in [5.74, 6) is -0.104. The second kappa shape index (κ2) is 4.12. The third kappa shape index (κ3) is 1.68. The van der Waals surface area contributed by atoms with E-state index < -0.39 is 6.29 Å². The molecule has 0 radical (unpaired) electrons. The molecule has 2 aromatic rings. The maximum absolute atomic E-state index is 11.9. The number of hydrogen-bond donors (Lipinski definition) is 3. The van der Waals surface area contributed by atoms with E-state index in [9.17, 15) is 4.79 Å². The lowest BCUT2D eigenvalue weighted by molar-refractivity contribution is 0.0937. The number of hydrogen-bond acceptors (Lipinski definition) is 4. The smallest absolute Gasteiger partial charge is 0.257 e. The van der Waals surface area contributed by atoms with Crippen molar-refractivity contribution in [2.24, 2.45) is 5.73 Å². The molecule has 0 spiro atoms. The number of nitrogens with one attached hydrogen (secondary N) is 2. The Hall–Kier alpha value is -1.85. The van der Waals surface area contributed by atoms with Crippen LogP contribution in [0.15, 0.2) is 30.3 Å². The van der Waals surface area contributed by atoms with E-state index in [1.54, 1.807) is 11.3 Å². The average Bonchev–Trinajstić information content (AvgIpc) is 2.67. The predicted molar refractivity (Wildman–Crippen MR) is 73.6 cm³/mol. The molecule has 0 aliphatic carbocycles. The molecule has 1 atom stereocenters. The largest absolute Gasteiger partial charge is 0.344 e. The highest BCUT2D eigenvalue weighted by Crippen LogP contribution is 2.40. The van der Waals surface area contributed by atoms with E-state index in [0.29, 0.717) is 5.56 Å². The topological polar surface area (TPSA) is 67.2 Å². The molecule has 3 rings (SSSR count). The van der Waals surface area contributed by atoms with Gasteiger partial charge in [-0.05, 0) is 18.1 Å². The average molecular weight is 259 g/mol. The Morgan fingerprint density at radius 2 is 1.94 bits per heavy atom. The molecule has 0 saturated heterocycles. The Bertz CT molecular complexity index is 606. The third-order valence-corrected chi connectivity index (χ3v) is 4.26. The van der Waals surface area contributed by atoms with Crippen molar-refractivity contribution < 1.29 is 4.79 Å². The first kappa shape index (κ1) is 11.3. The van der Waals surface area contributed by atoms with Crippen LogP contribution in [0.4, 0.5) is 5.00 Å². The van der Waals surface area contributed by atoms with E-state index >= 15 is 0 Å². The zero-order chi connectivity index (χ0) is 12.7. The zero-order valence-electron chi connectivity index (χ0n) is 9.86. The Balaban J connectivity index is 2.15. The summed E-state index contributed by atoms with van der Waals surface area (Å²) in [5.41, 5.74) is 8.53. The van der Waals surface area contributed by atoms with Crippen molar-refractivity contribution in [2.45, 2.75) is 13.2 Å². The van der Waals surface area contributed by atoms with Crippen LogP contribution in [-0.2, 0) is 0 Å². The van der Waals surface area contributed by atoms with Gasteiger partial charge in [0, 0.05) is 4.88 Å². The number of benzene rings is 1. The van der Waals surface area contributed by atoms with Crippen LogP contribution in [0.25, 0.3) is 10.4 Å². The second-order valence-electron chi connectivity index (χ2n) is 4.22. The molecule has 4 N–H and O–H groups in total. The first-order valence-corrected chi connectivity index (χ1v) is 6.50. The SMILES string of the molecule is Cc1c(-c2ccccc2)sc2c1C(=O)NC(N)N2. The number of carbonyl (C=O) groups excluding carboxylic acids is 1. The maximum Gasteiger partial charge on any atom is 0.257 e. The summed E-state index contributed by atoms with van der Waals surface area (Å²) in [6.45, 7) is 1.97. The fraction of sp³-hybridized carbons (Fsp3) is 0.154. The van der Waals surface area contributed by atoms with Crippen LogP contribution in [0, 0.1) is 6.92 Å². The lowest BCUT2D eigenvalue weighted by Crippen LogP contribution is -2.50. The number of thiophene rings is 1. The minimum Gasteiger partial charge on any atom is -0.344 e. The highest BCUT2D eigenvalue weighted by Gasteiger charge is 2.27. The molecular weight excluding hydrogens is 246 g/mol. The van der Waals surface area contributed by atoms with Crippen molar-refractivity contribution >= 4 is 22.2 Å². The Morgan fingerprint density at radius 3 is 2.67 bits per heavy atom. The van der Waals surface area contributed by atoms with Gasteiger partial charge in [0.15, 0.2) is 6.29 Å². The van der Waals surface area contributed by atoms with E-state index in [4.69, 9.17) is 5.73 Å². The molecule has 1 aromatic carbocycles. The van der Waals surface area contributed by atoms with Gasteiger partial charge in [-0.15, -0.1) is 11.3 Å². The van der Waals surface area contributed by atoms with Gasteiger partial charge in [0.1, 0.15) is 5.00 Å². The quantitative estimate of drug-likeness (QED) is 0.735. The van der Waals surface area contributed by atoms with Crippen molar-refractivity contribution in [3.63, 3.8) is 0 Å². The molecule has 0 saturated carbocycles. The maximum atomic E-state index is 11.9. The van der Waals surface area contributed by atoms with E-state index in [0.717, 1.165) is 21.0 Å². The minimum atomic E-state index is -0.508. The van der Waals surface area contributed by atoms with Gasteiger partial charge in [-0.25, -0.2) is 0 Å². The van der Waals surface area contributed by atoms with Crippen LogP contribution >= 0.6 is 11.3 Å². The van der Waals surface area contributed by atoms with Gasteiger partial charge in [-0.2, -0.15) is 0 Å². The molecule has 1 aromatic heterocycles. The molecule has 92 valence electrons. The number of nitrogens with two attached hydrogens (primary N) is 1. The van der Waals surface area contributed by atoms with Crippen molar-refractivity contribution in [2.75, 3.05) is 5.32 Å². The highest BCUT2D eigenvalue weighted by atomic mass is 32.1. The first-order chi connectivity index (χ1) is 8.66. The van der Waals surface area contributed by atoms with Gasteiger partial charge >= 0.3 is 0 Å². The van der Waals surface area contributed by atoms with Crippen LogP contribution in [-0.4, -0.2) is 12.2 Å². The summed E-state index contributed by atoms with van der Waals surface area (Å²) in [4.78, 5) is 13.0. The number of fused-ring (bicyclic) bond motifs is 1. The van der Waals surface area contributed by atoms with Crippen molar-refractivity contribution in [1.82, 2.24) is 5.32 Å². The monoisotopic (exact) mass is 259 g/mol. The fourth-order valence-electron chi connectivity index (χ4n) is 2.14. The lowest BCUT2D eigenvalue weighted by Gasteiger charge is -2.22. The molecule has 0 fully saturated rings. The van der Waals surface area contributed by atoms with Gasteiger partial charge in [0.25, 0.3) is 5.91 Å². The lowest BCUT2D eigenvalue weighted by atomic mass is 10.1. The van der Waals surface area contributed by atoms with Crippen molar-refractivity contribution in [3.8, 4) is 10.4 Å². The molecule has 1 aliphatic heterocycles. The van der Waals surface area contributed by atoms with Gasteiger partial charge in [0.2, 0.25) is 0 Å². The standard InChI is InChI=1S/C13H13N3OS/c1-7-9-11(17)15-13(14)16-12(9)18-10(7)8-5-3-2-4-6-8/h2-6,13,16H,14H2,1H3,(H,15,17). The van der Waals surface area contributed by atoms with Gasteiger partial charge in [-0.1, -0.05) is 30.3 Å². The Kier molecular flexibility index (Phi) is 2.57. The van der Waals surface area contributed by atoms with Gasteiger partial charge in [-0.3, -0.25) is 10.5 Å². The number of rotatable bonds is 1. The summed E-state index contributed by atoms with van der Waals surface area (Å²) in [6, 6.07) is 10.1. The van der Waals surface area contributed by atoms with Gasteiger partial charge in [0.05, 0.1) is 5.56 Å². The molecular formula is C13H13N3OS. The minimum absolute atomic E-state index is 0.104. The number of carbonyl (C=O) groups is 1. The predicted octanol–water partition coefficient (Wildman–Crippen LogP) is 2.12. The van der Waals surface area contributed by atoms with Crippen LogP contribution in [0.1, 0.15) is 15.9 Å². The third-order valence-electron chi connectivity index (χ3n) is 2.98. The molecule has 18 heavy (non-hydrogen) atoms. The number of anilines is 1. The Morgan fingerprint density at radius 1 is 1.22 bits per heavy atom. The van der Waals surface area contributed by atoms with Crippen molar-refractivity contribution in [3.05, 3.63) is 41.5 Å². The summed E-state index contributed by atoms with van der Waals surface area (Å²) in [5, 5.41) is 6.61. The molecule has 1 unspecified atom stereocenters. The zero-order valence-corrected chi connectivity index (χ0v) is 10.7. The second-order valence-corrected chi connectivity index (χ2v) is 5.24. The van der Waals surface area contributed by atoms with Crippen LogP contribution in [0.5, 0.6) is 0 Å². The fourth-order valence-corrected chi connectivity index (χ4v) is 3.39. The highest BCUT2D eigenvalue weighted by molar-refractivity contribution is 7.20. The van der Waals surface area contributed by atoms with E-state index in [2.05, 4.69) is 10.6 Å². The number of amides is 1. The first-order valence-electron chi connectivity index (χ1n) is 5.68. The molecule has 1 amide bonds. The van der Waals surface area contributed by atoms with Crippen molar-refractivity contribution in [1.29, 1.82) is 0 Å². The summed E-state index contributed by atoms with van der Waals surface area (Å²) >= 11 is 1.57. The molecule has 5 heteroatoms. The van der Waals surface area contributed by atoms with E-state index in [1.165, 1.54) is 0 Å². The summed E-state index contributed by atoms with van der Waals surface area (Å²) in [6.07, 6.45) is -0.508. The summed E-state index contributed by atoms with van der Waals surface area (Å²) < 4.78 is 0. The van der Waals surface area contributed by atoms with E-state index in [1.807, 2.05) is 37.3 Å². The van der Waals surface area contributed by atoms with Crippen LogP contribution in [0.2, 0.25) is 0 Å². The van der Waals surface area contributed by atoms with Crippen LogP contribution < -0.4 is 16.4 Å². The molecule has 1 aliphatic rings. The molecule has 2 heterocycles. The summed E-state index contributed by atoms with van der Waals surface area (Å²) in [7, 11) is 0. The normalized spacial score (nSPS) is 17.9. The molecule has 4 nitrogen and oxygen atoms in total. The van der Waals surface area contributed by atoms with E-state index in [-0.39, 0.29) is 5.91 Å². The Labute approximate surface area is 109 Å². The van der Waals surface area contributed by atoms with Crippen LogP contribution in [0.3, 0.4) is 0 Å². The molecule has 0 bridgehead atoms.